The van der Waals surface area contributed by atoms with Crippen LogP contribution in [0.3, 0.4) is 0 Å². The number of carbonyl (C=O) groups excluding carboxylic acids is 1. The molecule has 2 saturated heterocycles. The smallest absolute Gasteiger partial charge is 0.312 e. The van der Waals surface area contributed by atoms with Crippen molar-refractivity contribution < 1.29 is 14.3 Å². The molecular weight excluding hydrogens is 242 g/mol. The van der Waals surface area contributed by atoms with E-state index in [4.69, 9.17) is 9.47 Å². The van der Waals surface area contributed by atoms with E-state index < -0.39 is 0 Å². The van der Waals surface area contributed by atoms with Gasteiger partial charge in [0.25, 0.3) is 0 Å². The lowest BCUT2D eigenvalue weighted by Crippen LogP contribution is -2.34. The fourth-order valence-electron chi connectivity index (χ4n) is 4.07. The second kappa shape index (κ2) is 3.79. The maximum Gasteiger partial charge on any atom is 0.312 e. The second-order valence-electron chi connectivity index (χ2n) is 5.93. The highest BCUT2D eigenvalue weighted by Gasteiger charge is 2.69. The van der Waals surface area contributed by atoms with Gasteiger partial charge in [0.05, 0.1) is 25.2 Å². The molecule has 2 bridgehead atoms. The molecule has 4 nitrogen and oxygen atoms in total. The molecule has 0 amide bonds. The minimum atomic E-state index is -0.138. The van der Waals surface area contributed by atoms with Crippen molar-refractivity contribution in [1.82, 2.24) is 4.98 Å². The predicted octanol–water partition coefficient (Wildman–Crippen LogP) is 1.68. The van der Waals surface area contributed by atoms with Crippen LogP contribution in [0, 0.1) is 24.7 Å². The Kier molecular flexibility index (Phi) is 2.28. The molecule has 3 fully saturated rings. The Hall–Kier alpha value is -1.42. The number of fused-ring (bicyclic) bond motifs is 5. The number of esters is 1. The highest BCUT2D eigenvalue weighted by atomic mass is 16.5. The van der Waals surface area contributed by atoms with Crippen molar-refractivity contribution in [3.63, 3.8) is 0 Å². The van der Waals surface area contributed by atoms with Gasteiger partial charge in [-0.25, -0.2) is 0 Å². The van der Waals surface area contributed by atoms with Crippen LogP contribution in [-0.2, 0) is 14.3 Å². The number of nitrogens with zero attached hydrogens (tertiary/aromatic N) is 1. The molecule has 0 radical (unpaired) electrons. The van der Waals surface area contributed by atoms with E-state index in [0.29, 0.717) is 11.8 Å². The molecule has 1 aromatic heterocycles. The van der Waals surface area contributed by atoms with Crippen LogP contribution >= 0.6 is 0 Å². The number of aryl methyl sites for hydroxylation is 1. The number of rotatable bonds is 2. The lowest BCUT2D eigenvalue weighted by atomic mass is 9.75. The third kappa shape index (κ3) is 1.49. The third-order valence-electron chi connectivity index (χ3n) is 4.92. The number of hydrogen-bond donors (Lipinski definition) is 0. The normalized spacial score (nSPS) is 42.0. The quantitative estimate of drug-likeness (QED) is 0.758. The van der Waals surface area contributed by atoms with Crippen molar-refractivity contribution in [3.8, 4) is 0 Å². The van der Waals surface area contributed by atoms with Crippen LogP contribution in [0.1, 0.15) is 23.6 Å². The van der Waals surface area contributed by atoms with E-state index in [1.807, 2.05) is 19.2 Å². The van der Waals surface area contributed by atoms with Crippen molar-refractivity contribution in [2.45, 2.75) is 31.5 Å². The number of carbonyl (C=O) groups is 1. The first-order valence-corrected chi connectivity index (χ1v) is 6.86. The number of hydrogen-bond acceptors (Lipinski definition) is 4. The van der Waals surface area contributed by atoms with Gasteiger partial charge in [0.2, 0.25) is 0 Å². The van der Waals surface area contributed by atoms with E-state index in [9.17, 15) is 4.79 Å². The van der Waals surface area contributed by atoms with Gasteiger partial charge in [-0.3, -0.25) is 9.78 Å². The monoisotopic (exact) mass is 259 g/mol. The predicted molar refractivity (Wildman–Crippen MR) is 67.5 cm³/mol. The van der Waals surface area contributed by atoms with E-state index in [-0.39, 0.29) is 30.0 Å². The molecule has 2 aliphatic heterocycles. The zero-order valence-electron chi connectivity index (χ0n) is 11.1. The largest absolute Gasteiger partial charge is 0.469 e. The number of aromatic nitrogens is 1. The fourth-order valence-corrected chi connectivity index (χ4v) is 4.07. The number of ether oxygens (including phenoxy) is 2. The van der Waals surface area contributed by atoms with Crippen molar-refractivity contribution >= 4 is 5.97 Å². The van der Waals surface area contributed by atoms with Crippen LogP contribution in [0.4, 0.5) is 0 Å². The Morgan fingerprint density at radius 3 is 2.95 bits per heavy atom. The summed E-state index contributed by atoms with van der Waals surface area (Å²) in [6.45, 7) is 1.98. The van der Waals surface area contributed by atoms with Gasteiger partial charge in [-0.05, 0) is 42.9 Å². The maximum atomic E-state index is 12.1. The summed E-state index contributed by atoms with van der Waals surface area (Å²) < 4.78 is 11.1. The molecule has 3 heterocycles. The van der Waals surface area contributed by atoms with Crippen LogP contribution in [-0.4, -0.2) is 30.3 Å². The topological polar surface area (TPSA) is 48.4 Å². The van der Waals surface area contributed by atoms with Gasteiger partial charge < -0.3 is 9.47 Å². The van der Waals surface area contributed by atoms with Gasteiger partial charge in [-0.15, -0.1) is 0 Å². The van der Waals surface area contributed by atoms with Gasteiger partial charge in [0.15, 0.2) is 0 Å². The number of methoxy groups -OCH3 is 1. The zero-order chi connectivity index (χ0) is 13.1. The molecule has 0 spiro atoms. The Balaban J connectivity index is 1.74. The van der Waals surface area contributed by atoms with Crippen LogP contribution in [0.25, 0.3) is 0 Å². The van der Waals surface area contributed by atoms with Crippen molar-refractivity contribution in [3.05, 3.63) is 29.6 Å². The molecule has 19 heavy (non-hydrogen) atoms. The Morgan fingerprint density at radius 2 is 2.21 bits per heavy atom. The molecular formula is C15H17NO3. The molecule has 6 atom stereocenters. The van der Waals surface area contributed by atoms with E-state index in [1.165, 1.54) is 19.1 Å². The first-order chi connectivity index (χ1) is 9.20. The van der Waals surface area contributed by atoms with E-state index in [1.54, 1.807) is 0 Å². The van der Waals surface area contributed by atoms with Crippen LogP contribution in [0.2, 0.25) is 0 Å². The van der Waals surface area contributed by atoms with Gasteiger partial charge in [0.1, 0.15) is 0 Å². The van der Waals surface area contributed by atoms with Crippen molar-refractivity contribution in [2.75, 3.05) is 7.11 Å². The van der Waals surface area contributed by atoms with Crippen LogP contribution < -0.4 is 0 Å². The van der Waals surface area contributed by atoms with Gasteiger partial charge in [-0.2, -0.15) is 0 Å². The Morgan fingerprint density at radius 1 is 1.42 bits per heavy atom. The lowest BCUT2D eigenvalue weighted by molar-refractivity contribution is -0.148. The van der Waals surface area contributed by atoms with Crippen LogP contribution in [0.5, 0.6) is 0 Å². The maximum absolute atomic E-state index is 12.1. The summed E-state index contributed by atoms with van der Waals surface area (Å²) in [5, 5.41) is 0. The molecule has 0 aromatic carbocycles. The third-order valence-corrected chi connectivity index (χ3v) is 4.92. The van der Waals surface area contributed by atoms with Crippen molar-refractivity contribution in [2.24, 2.45) is 17.8 Å². The molecule has 3 aliphatic rings. The van der Waals surface area contributed by atoms with Gasteiger partial charge in [-0.1, -0.05) is 0 Å². The Bertz CT molecular complexity index is 544. The lowest BCUT2D eigenvalue weighted by Gasteiger charge is -2.26. The summed E-state index contributed by atoms with van der Waals surface area (Å²) in [6.07, 6.45) is 3.29. The zero-order valence-corrected chi connectivity index (χ0v) is 11.1. The molecule has 1 aromatic rings. The highest BCUT2D eigenvalue weighted by molar-refractivity contribution is 5.76. The highest BCUT2D eigenvalue weighted by Crippen LogP contribution is 2.65. The average molecular weight is 259 g/mol. The molecule has 100 valence electrons. The minimum Gasteiger partial charge on any atom is -0.469 e. The molecule has 0 N–H and O–H groups in total. The van der Waals surface area contributed by atoms with Crippen molar-refractivity contribution in [1.29, 1.82) is 0 Å². The minimum absolute atomic E-state index is 0.0703. The summed E-state index contributed by atoms with van der Waals surface area (Å²) in [5.41, 5.74) is 2.15. The average Bonchev–Trinajstić information content (AvgIpc) is 3.03. The second-order valence-corrected chi connectivity index (χ2v) is 5.93. The van der Waals surface area contributed by atoms with E-state index in [2.05, 4.69) is 11.1 Å². The van der Waals surface area contributed by atoms with Crippen LogP contribution in [0.15, 0.2) is 18.3 Å². The summed E-state index contributed by atoms with van der Waals surface area (Å²) in [5.74, 6) is 1.12. The fraction of sp³-hybridized carbons (Fsp3) is 0.600. The summed E-state index contributed by atoms with van der Waals surface area (Å²) in [6, 6.07) is 4.08. The summed E-state index contributed by atoms with van der Waals surface area (Å²) >= 11 is 0. The van der Waals surface area contributed by atoms with E-state index in [0.717, 1.165) is 5.69 Å². The van der Waals surface area contributed by atoms with E-state index >= 15 is 0 Å². The first-order valence-electron chi connectivity index (χ1n) is 6.86. The Labute approximate surface area is 112 Å². The molecule has 0 unspecified atom stereocenters. The molecule has 1 saturated carbocycles. The standard InChI is InChI=1S/C15H17NO3/c1-7-5-8(3-4-16-7)11-12(15(17)18-2)14-10-6-9(10)13(11)19-14/h3-5,9-14H,6H2,1-2H3/t9-,10-,11+,12-,13-,14-/m0/s1. The summed E-state index contributed by atoms with van der Waals surface area (Å²) in [4.78, 5) is 16.4. The number of pyridine rings is 1. The van der Waals surface area contributed by atoms with Gasteiger partial charge >= 0.3 is 5.97 Å². The first kappa shape index (κ1) is 11.4. The SMILES string of the molecule is COC(=O)[C@@H]1[C@H]2O[C@@H]([C@H]3C[C@@H]32)[C@@H]1c1ccnc(C)c1. The molecule has 4 rings (SSSR count). The molecule has 4 heteroatoms. The van der Waals surface area contributed by atoms with Gasteiger partial charge in [0, 0.05) is 17.8 Å². The summed E-state index contributed by atoms with van der Waals surface area (Å²) in [7, 11) is 1.47. The molecule has 1 aliphatic carbocycles.